The van der Waals surface area contributed by atoms with Crippen molar-refractivity contribution in [1.29, 1.82) is 0 Å². The average Bonchev–Trinajstić information content (AvgIpc) is 2.58. The van der Waals surface area contributed by atoms with Gasteiger partial charge in [0.25, 0.3) is 0 Å². The fraction of sp³-hybridized carbons (Fsp3) is 0.727. The second kappa shape index (κ2) is 3.39. The molecule has 0 aromatic carbocycles. The minimum atomic E-state index is -0.110. The number of rotatable bonds is 1. The summed E-state index contributed by atoms with van der Waals surface area (Å²) in [6.45, 7) is 2.31. The number of nitrogens with zero attached hydrogens (tertiary/aromatic N) is 2. The Morgan fingerprint density at radius 3 is 2.64 bits per heavy atom. The zero-order chi connectivity index (χ0) is 10.2. The van der Waals surface area contributed by atoms with Gasteiger partial charge in [0.15, 0.2) is 0 Å². The third-order valence-electron chi connectivity index (χ3n) is 3.45. The summed E-state index contributed by atoms with van der Waals surface area (Å²) in [6.07, 6.45) is 8.64. The van der Waals surface area contributed by atoms with Crippen LogP contribution >= 0.6 is 0 Å². The van der Waals surface area contributed by atoms with Gasteiger partial charge in [-0.15, -0.1) is 0 Å². The summed E-state index contributed by atoms with van der Waals surface area (Å²) >= 11 is 0. The summed E-state index contributed by atoms with van der Waals surface area (Å²) in [6, 6.07) is 0. The molecule has 0 spiro atoms. The van der Waals surface area contributed by atoms with Crippen LogP contribution < -0.4 is 5.73 Å². The third-order valence-corrected chi connectivity index (χ3v) is 3.45. The zero-order valence-electron chi connectivity index (χ0n) is 9.03. The lowest BCUT2D eigenvalue weighted by Gasteiger charge is -2.35. The number of aryl methyl sites for hydroxylation is 1. The summed E-state index contributed by atoms with van der Waals surface area (Å²) in [5.74, 6) is 0.836. The summed E-state index contributed by atoms with van der Waals surface area (Å²) in [5.41, 5.74) is 7.49. The number of hydrogen-bond donors (Lipinski definition) is 1. The molecule has 3 nitrogen and oxygen atoms in total. The van der Waals surface area contributed by atoms with Crippen LogP contribution in [0.1, 0.15) is 38.2 Å². The number of hydrogen-bond acceptors (Lipinski definition) is 2. The molecular formula is C11H19N3. The SMILES string of the molecule is CC1CCC(N)(c2cnn(C)c2)CC1. The lowest BCUT2D eigenvalue weighted by Crippen LogP contribution is -2.39. The van der Waals surface area contributed by atoms with E-state index in [2.05, 4.69) is 18.2 Å². The maximum absolute atomic E-state index is 6.40. The molecule has 0 bridgehead atoms. The predicted molar refractivity (Wildman–Crippen MR) is 56.7 cm³/mol. The lowest BCUT2D eigenvalue weighted by atomic mass is 9.75. The Morgan fingerprint density at radius 1 is 1.50 bits per heavy atom. The molecule has 2 rings (SSSR count). The Kier molecular flexibility index (Phi) is 2.35. The van der Waals surface area contributed by atoms with E-state index in [1.807, 2.05) is 17.9 Å². The van der Waals surface area contributed by atoms with E-state index < -0.39 is 0 Å². The highest BCUT2D eigenvalue weighted by atomic mass is 15.2. The molecule has 1 aromatic rings. The van der Waals surface area contributed by atoms with Gasteiger partial charge in [-0.05, 0) is 31.6 Å². The Labute approximate surface area is 85.3 Å². The fourth-order valence-corrected chi connectivity index (χ4v) is 2.24. The summed E-state index contributed by atoms with van der Waals surface area (Å²) in [7, 11) is 1.94. The second-order valence-corrected chi connectivity index (χ2v) is 4.74. The maximum Gasteiger partial charge on any atom is 0.0540 e. The minimum absolute atomic E-state index is 0.110. The molecule has 1 fully saturated rings. The summed E-state index contributed by atoms with van der Waals surface area (Å²) < 4.78 is 1.84. The molecular weight excluding hydrogens is 174 g/mol. The van der Waals surface area contributed by atoms with E-state index >= 15 is 0 Å². The molecule has 0 amide bonds. The molecule has 1 aliphatic carbocycles. The summed E-state index contributed by atoms with van der Waals surface area (Å²) in [5, 5.41) is 4.19. The summed E-state index contributed by atoms with van der Waals surface area (Å²) in [4.78, 5) is 0. The Bertz CT molecular complexity index is 308. The first-order valence-corrected chi connectivity index (χ1v) is 5.38. The third kappa shape index (κ3) is 1.69. The van der Waals surface area contributed by atoms with Crippen LogP contribution in [0, 0.1) is 5.92 Å². The first kappa shape index (κ1) is 9.71. The Balaban J connectivity index is 2.16. The van der Waals surface area contributed by atoms with E-state index in [1.165, 1.54) is 18.4 Å². The van der Waals surface area contributed by atoms with Gasteiger partial charge in [-0.25, -0.2) is 0 Å². The molecule has 1 saturated carbocycles. The highest BCUT2D eigenvalue weighted by Crippen LogP contribution is 2.36. The van der Waals surface area contributed by atoms with Crippen molar-refractivity contribution < 1.29 is 0 Å². The van der Waals surface area contributed by atoms with Crippen molar-refractivity contribution in [2.24, 2.45) is 18.7 Å². The van der Waals surface area contributed by atoms with Gasteiger partial charge in [0.1, 0.15) is 0 Å². The molecule has 0 radical (unpaired) electrons. The normalized spacial score (nSPS) is 33.2. The van der Waals surface area contributed by atoms with Gasteiger partial charge < -0.3 is 5.73 Å². The fourth-order valence-electron chi connectivity index (χ4n) is 2.24. The van der Waals surface area contributed by atoms with Crippen LogP contribution in [0.4, 0.5) is 0 Å². The molecule has 2 N–H and O–H groups in total. The van der Waals surface area contributed by atoms with E-state index in [9.17, 15) is 0 Å². The highest BCUT2D eigenvalue weighted by Gasteiger charge is 2.32. The number of aromatic nitrogens is 2. The Hall–Kier alpha value is -0.830. The van der Waals surface area contributed by atoms with Gasteiger partial charge in [-0.3, -0.25) is 4.68 Å². The van der Waals surface area contributed by atoms with Crippen molar-refractivity contribution in [2.75, 3.05) is 0 Å². The number of nitrogens with two attached hydrogens (primary N) is 1. The Morgan fingerprint density at radius 2 is 2.14 bits per heavy atom. The topological polar surface area (TPSA) is 43.8 Å². The van der Waals surface area contributed by atoms with E-state index in [0.29, 0.717) is 0 Å². The lowest BCUT2D eigenvalue weighted by molar-refractivity contribution is 0.248. The maximum atomic E-state index is 6.40. The largest absolute Gasteiger partial charge is 0.321 e. The molecule has 1 aromatic heterocycles. The van der Waals surface area contributed by atoms with Gasteiger partial charge in [-0.1, -0.05) is 6.92 Å². The van der Waals surface area contributed by atoms with Crippen molar-refractivity contribution in [3.63, 3.8) is 0 Å². The van der Waals surface area contributed by atoms with Crippen LogP contribution in [0.3, 0.4) is 0 Å². The first-order valence-electron chi connectivity index (χ1n) is 5.38. The predicted octanol–water partition coefficient (Wildman–Crippen LogP) is 1.78. The van der Waals surface area contributed by atoms with Gasteiger partial charge in [0.2, 0.25) is 0 Å². The van der Waals surface area contributed by atoms with Gasteiger partial charge in [0.05, 0.1) is 6.20 Å². The molecule has 14 heavy (non-hydrogen) atoms. The van der Waals surface area contributed by atoms with Crippen LogP contribution in [0.2, 0.25) is 0 Å². The van der Waals surface area contributed by atoms with Gasteiger partial charge in [-0.2, -0.15) is 5.10 Å². The molecule has 0 atom stereocenters. The minimum Gasteiger partial charge on any atom is -0.321 e. The molecule has 1 heterocycles. The van der Waals surface area contributed by atoms with Crippen LogP contribution in [-0.4, -0.2) is 9.78 Å². The molecule has 0 saturated heterocycles. The van der Waals surface area contributed by atoms with Gasteiger partial charge >= 0.3 is 0 Å². The smallest absolute Gasteiger partial charge is 0.0540 e. The van der Waals surface area contributed by atoms with Crippen molar-refractivity contribution in [3.05, 3.63) is 18.0 Å². The molecule has 78 valence electrons. The van der Waals surface area contributed by atoms with Crippen molar-refractivity contribution in [3.8, 4) is 0 Å². The highest BCUT2D eigenvalue weighted by molar-refractivity contribution is 5.18. The average molecular weight is 193 g/mol. The van der Waals surface area contributed by atoms with E-state index in [-0.39, 0.29) is 5.54 Å². The van der Waals surface area contributed by atoms with Crippen LogP contribution in [-0.2, 0) is 12.6 Å². The molecule has 0 unspecified atom stereocenters. The van der Waals surface area contributed by atoms with E-state index in [0.717, 1.165) is 18.8 Å². The van der Waals surface area contributed by atoms with Crippen LogP contribution in [0.15, 0.2) is 12.4 Å². The quantitative estimate of drug-likeness (QED) is 0.739. The monoisotopic (exact) mass is 193 g/mol. The van der Waals surface area contributed by atoms with E-state index in [4.69, 9.17) is 5.73 Å². The standard InChI is InChI=1S/C11H19N3/c1-9-3-5-11(12,6-4-9)10-7-13-14(2)8-10/h7-9H,3-6,12H2,1-2H3. The first-order chi connectivity index (χ1) is 6.60. The van der Waals surface area contributed by atoms with Crippen molar-refractivity contribution in [2.45, 2.75) is 38.1 Å². The van der Waals surface area contributed by atoms with Crippen LogP contribution in [0.25, 0.3) is 0 Å². The second-order valence-electron chi connectivity index (χ2n) is 4.74. The molecule has 1 aliphatic rings. The molecule has 0 aliphatic heterocycles. The van der Waals surface area contributed by atoms with Gasteiger partial charge in [0, 0.05) is 24.3 Å². The van der Waals surface area contributed by atoms with Crippen molar-refractivity contribution >= 4 is 0 Å². The zero-order valence-corrected chi connectivity index (χ0v) is 9.03. The van der Waals surface area contributed by atoms with E-state index in [1.54, 1.807) is 0 Å². The van der Waals surface area contributed by atoms with Crippen LogP contribution in [0.5, 0.6) is 0 Å². The van der Waals surface area contributed by atoms with Crippen molar-refractivity contribution in [1.82, 2.24) is 9.78 Å². The molecule has 3 heteroatoms.